The zero-order valence-corrected chi connectivity index (χ0v) is 8.27. The topological polar surface area (TPSA) is 75.1 Å². The second kappa shape index (κ2) is 5.23. The number of carboxylic acids is 1. The lowest BCUT2D eigenvalue weighted by atomic mass is 10.1. The normalized spacial score (nSPS) is 12.1. The lowest BCUT2D eigenvalue weighted by Gasteiger charge is -2.13. The summed E-state index contributed by atoms with van der Waals surface area (Å²) < 4.78 is 12.5. The number of hydrogen-bond donors (Lipinski definition) is 2. The number of hydrogen-bond acceptors (Lipinski definition) is 4. The summed E-state index contributed by atoms with van der Waals surface area (Å²) >= 11 is 0. The summed E-state index contributed by atoms with van der Waals surface area (Å²) in [6.45, 7) is 1.85. The fraction of sp³-hybridized carbons (Fsp3) is 0.444. The van der Waals surface area contributed by atoms with Crippen LogP contribution in [0.4, 0.5) is 10.3 Å². The fourth-order valence-corrected chi connectivity index (χ4v) is 1.08. The van der Waals surface area contributed by atoms with Crippen molar-refractivity contribution >= 4 is 11.9 Å². The molecule has 0 aromatic carbocycles. The zero-order chi connectivity index (χ0) is 11.3. The van der Waals surface area contributed by atoms with Crippen molar-refractivity contribution in [1.82, 2.24) is 9.97 Å². The quantitative estimate of drug-likeness (QED) is 0.770. The second-order valence-electron chi connectivity index (χ2n) is 3.07. The van der Waals surface area contributed by atoms with Gasteiger partial charge in [0.2, 0.25) is 5.95 Å². The van der Waals surface area contributed by atoms with Crippen molar-refractivity contribution in [3.8, 4) is 0 Å². The van der Waals surface area contributed by atoms with E-state index >= 15 is 0 Å². The predicted molar refractivity (Wildman–Crippen MR) is 51.9 cm³/mol. The van der Waals surface area contributed by atoms with E-state index in [0.29, 0.717) is 6.42 Å². The number of aliphatic carboxylic acids is 1. The molecule has 1 heterocycles. The van der Waals surface area contributed by atoms with Crippen LogP contribution in [-0.4, -0.2) is 27.1 Å². The molecular formula is C9H12FN3O2. The molecule has 0 aliphatic carbocycles. The van der Waals surface area contributed by atoms with Crippen molar-refractivity contribution in [3.05, 3.63) is 18.2 Å². The highest BCUT2D eigenvalue weighted by Gasteiger charge is 2.11. The third-order valence-electron chi connectivity index (χ3n) is 1.87. The molecule has 0 saturated carbocycles. The Morgan fingerprint density at radius 2 is 2.20 bits per heavy atom. The maximum atomic E-state index is 12.5. The maximum absolute atomic E-state index is 12.5. The van der Waals surface area contributed by atoms with Gasteiger partial charge in [-0.3, -0.25) is 4.79 Å². The van der Waals surface area contributed by atoms with Crippen molar-refractivity contribution in [3.63, 3.8) is 0 Å². The molecule has 6 heteroatoms. The summed E-state index contributed by atoms with van der Waals surface area (Å²) in [6, 6.07) is -0.243. The highest BCUT2D eigenvalue weighted by Crippen LogP contribution is 2.06. The van der Waals surface area contributed by atoms with Gasteiger partial charge in [-0.15, -0.1) is 0 Å². The largest absolute Gasteiger partial charge is 0.481 e. The van der Waals surface area contributed by atoms with Gasteiger partial charge in [0.1, 0.15) is 0 Å². The molecule has 1 aromatic rings. The Bertz CT molecular complexity index is 329. The monoisotopic (exact) mass is 213 g/mol. The number of halogens is 1. The van der Waals surface area contributed by atoms with Crippen molar-refractivity contribution in [1.29, 1.82) is 0 Å². The van der Waals surface area contributed by atoms with E-state index in [4.69, 9.17) is 5.11 Å². The number of nitrogens with one attached hydrogen (secondary N) is 1. The highest BCUT2D eigenvalue weighted by atomic mass is 19.1. The van der Waals surface area contributed by atoms with E-state index < -0.39 is 11.8 Å². The number of aromatic nitrogens is 2. The predicted octanol–water partition coefficient (Wildman–Crippen LogP) is 1.28. The first kappa shape index (κ1) is 11.4. The van der Waals surface area contributed by atoms with Gasteiger partial charge in [0, 0.05) is 6.04 Å². The summed E-state index contributed by atoms with van der Waals surface area (Å²) in [5.41, 5.74) is 0. The van der Waals surface area contributed by atoms with Crippen LogP contribution in [0.25, 0.3) is 0 Å². The average molecular weight is 213 g/mol. The van der Waals surface area contributed by atoms with Gasteiger partial charge in [0.15, 0.2) is 5.82 Å². The van der Waals surface area contributed by atoms with E-state index in [2.05, 4.69) is 15.3 Å². The molecule has 0 fully saturated rings. The lowest BCUT2D eigenvalue weighted by molar-refractivity contribution is -0.137. The first-order valence-electron chi connectivity index (χ1n) is 4.57. The number of nitrogens with zero attached hydrogens (tertiary/aromatic N) is 2. The Balaban J connectivity index is 2.58. The molecule has 0 aliphatic heterocycles. The van der Waals surface area contributed by atoms with Crippen LogP contribution in [0, 0.1) is 5.82 Å². The van der Waals surface area contributed by atoms with Crippen LogP contribution in [0.1, 0.15) is 19.8 Å². The molecule has 0 spiro atoms. The van der Waals surface area contributed by atoms with Gasteiger partial charge in [-0.25, -0.2) is 14.4 Å². The van der Waals surface area contributed by atoms with Crippen molar-refractivity contribution < 1.29 is 14.3 Å². The van der Waals surface area contributed by atoms with E-state index in [1.807, 2.05) is 6.92 Å². The number of rotatable bonds is 5. The van der Waals surface area contributed by atoms with Crippen molar-refractivity contribution in [2.75, 3.05) is 5.32 Å². The summed E-state index contributed by atoms with van der Waals surface area (Å²) in [5, 5.41) is 11.4. The standard InChI is InChI=1S/C9H12FN3O2/c1-2-7(3-8(14)15)13-9-11-4-6(10)5-12-9/h4-5,7H,2-3H2,1H3,(H,14,15)(H,11,12,13). The SMILES string of the molecule is CCC(CC(=O)O)Nc1ncc(F)cn1. The fourth-order valence-electron chi connectivity index (χ4n) is 1.08. The number of carbonyl (C=O) groups is 1. The van der Waals surface area contributed by atoms with E-state index in [0.717, 1.165) is 12.4 Å². The van der Waals surface area contributed by atoms with Gasteiger partial charge in [-0.05, 0) is 6.42 Å². The van der Waals surface area contributed by atoms with E-state index in [1.165, 1.54) is 0 Å². The molecule has 2 N–H and O–H groups in total. The molecule has 1 rings (SSSR count). The summed E-state index contributed by atoms with van der Waals surface area (Å²) in [6.07, 6.45) is 2.68. The van der Waals surface area contributed by atoms with Crippen LogP contribution < -0.4 is 5.32 Å². The van der Waals surface area contributed by atoms with E-state index in [9.17, 15) is 9.18 Å². The third-order valence-corrected chi connectivity index (χ3v) is 1.87. The molecule has 15 heavy (non-hydrogen) atoms. The summed E-state index contributed by atoms with van der Waals surface area (Å²) in [7, 11) is 0. The van der Waals surface area contributed by atoms with Crippen LogP contribution in [0.2, 0.25) is 0 Å². The van der Waals surface area contributed by atoms with Crippen LogP contribution >= 0.6 is 0 Å². The Hall–Kier alpha value is -1.72. The minimum absolute atomic E-state index is 0.0166. The van der Waals surface area contributed by atoms with Gasteiger partial charge < -0.3 is 10.4 Å². The van der Waals surface area contributed by atoms with Gasteiger partial charge in [0.05, 0.1) is 18.8 Å². The van der Waals surface area contributed by atoms with E-state index in [-0.39, 0.29) is 18.4 Å². The van der Waals surface area contributed by atoms with Crippen LogP contribution in [0.5, 0.6) is 0 Å². The molecule has 0 bridgehead atoms. The highest BCUT2D eigenvalue weighted by molar-refractivity contribution is 5.68. The molecule has 0 aliphatic rings. The Morgan fingerprint density at radius 3 is 2.67 bits per heavy atom. The van der Waals surface area contributed by atoms with Crippen LogP contribution in [0.15, 0.2) is 12.4 Å². The summed E-state index contributed by atoms with van der Waals surface area (Å²) in [5.74, 6) is -1.17. The first-order valence-corrected chi connectivity index (χ1v) is 4.57. The Morgan fingerprint density at radius 1 is 1.60 bits per heavy atom. The Labute approximate surface area is 86.4 Å². The van der Waals surface area contributed by atoms with Crippen LogP contribution in [0.3, 0.4) is 0 Å². The molecule has 1 atom stereocenters. The molecule has 1 unspecified atom stereocenters. The minimum atomic E-state index is -0.892. The molecule has 82 valence electrons. The minimum Gasteiger partial charge on any atom is -0.481 e. The zero-order valence-electron chi connectivity index (χ0n) is 8.27. The second-order valence-corrected chi connectivity index (χ2v) is 3.07. The smallest absolute Gasteiger partial charge is 0.305 e. The molecular weight excluding hydrogens is 201 g/mol. The van der Waals surface area contributed by atoms with E-state index in [1.54, 1.807) is 0 Å². The van der Waals surface area contributed by atoms with Gasteiger partial charge in [0.25, 0.3) is 0 Å². The first-order chi connectivity index (χ1) is 7.11. The summed E-state index contributed by atoms with van der Waals surface area (Å²) in [4.78, 5) is 17.8. The van der Waals surface area contributed by atoms with Crippen molar-refractivity contribution in [2.24, 2.45) is 0 Å². The van der Waals surface area contributed by atoms with Gasteiger partial charge in [-0.2, -0.15) is 0 Å². The molecule has 0 saturated heterocycles. The van der Waals surface area contributed by atoms with Crippen molar-refractivity contribution in [2.45, 2.75) is 25.8 Å². The molecule has 1 aromatic heterocycles. The average Bonchev–Trinajstić information content (AvgIpc) is 2.19. The molecule has 5 nitrogen and oxygen atoms in total. The molecule has 0 radical (unpaired) electrons. The third kappa shape index (κ3) is 3.88. The number of anilines is 1. The van der Waals surface area contributed by atoms with Crippen LogP contribution in [-0.2, 0) is 4.79 Å². The maximum Gasteiger partial charge on any atom is 0.305 e. The Kier molecular flexibility index (Phi) is 3.96. The molecule has 0 amide bonds. The lowest BCUT2D eigenvalue weighted by Crippen LogP contribution is -2.23. The van der Waals surface area contributed by atoms with Gasteiger partial charge in [-0.1, -0.05) is 6.92 Å². The van der Waals surface area contributed by atoms with Gasteiger partial charge >= 0.3 is 5.97 Å². The number of carboxylic acid groups (broad SMARTS) is 1.